The summed E-state index contributed by atoms with van der Waals surface area (Å²) in [5.41, 5.74) is 2.81. The third kappa shape index (κ3) is 12.5. The van der Waals surface area contributed by atoms with Crippen molar-refractivity contribution in [3.8, 4) is 0 Å². The molecule has 0 aliphatic carbocycles. The van der Waals surface area contributed by atoms with Gasteiger partial charge in [-0.05, 0) is 49.6 Å². The van der Waals surface area contributed by atoms with E-state index in [1.54, 1.807) is 51.1 Å². The minimum absolute atomic E-state index is 0.0368. The van der Waals surface area contributed by atoms with Gasteiger partial charge in [0, 0.05) is 12.7 Å². The van der Waals surface area contributed by atoms with Crippen molar-refractivity contribution in [3.05, 3.63) is 179 Å². The molecule has 0 N–H and O–H groups in total. The van der Waals surface area contributed by atoms with Crippen LogP contribution < -0.4 is 0 Å². The predicted molar refractivity (Wildman–Crippen MR) is 244 cm³/mol. The first-order chi connectivity index (χ1) is 32.6. The van der Waals surface area contributed by atoms with E-state index in [-0.39, 0.29) is 44.3 Å². The number of carbonyl (C=O) groups excluding carboxylic acids is 2. The van der Waals surface area contributed by atoms with Gasteiger partial charge in [0.15, 0.2) is 24.4 Å². The van der Waals surface area contributed by atoms with Gasteiger partial charge in [-0.1, -0.05) is 145 Å². The lowest BCUT2D eigenvalue weighted by Crippen LogP contribution is -2.64. The molecule has 14 heteroatoms. The van der Waals surface area contributed by atoms with Gasteiger partial charge in [0.2, 0.25) is 6.29 Å². The lowest BCUT2D eigenvalue weighted by Gasteiger charge is -2.47. The Morgan fingerprint density at radius 2 is 1.15 bits per heavy atom. The van der Waals surface area contributed by atoms with Gasteiger partial charge < -0.3 is 52.2 Å². The first kappa shape index (κ1) is 47.8. The zero-order valence-electron chi connectivity index (χ0n) is 38.0. The van der Waals surface area contributed by atoms with Crippen LogP contribution in [0.25, 0.3) is 0 Å². The summed E-state index contributed by atoms with van der Waals surface area (Å²) in [5, 5.41) is 4.36. The Bertz CT molecular complexity index is 2330. The molecule has 0 unspecified atom stereocenters. The van der Waals surface area contributed by atoms with Crippen LogP contribution in [0, 0.1) is 5.41 Å². The van der Waals surface area contributed by atoms with Crippen LogP contribution in [0.3, 0.4) is 0 Å². The number of hydrogen-bond acceptors (Lipinski definition) is 14. The van der Waals surface area contributed by atoms with Crippen molar-refractivity contribution in [2.24, 2.45) is 10.6 Å². The van der Waals surface area contributed by atoms with E-state index in [2.05, 4.69) is 5.16 Å². The van der Waals surface area contributed by atoms with Gasteiger partial charge in [-0.15, -0.1) is 0 Å². The van der Waals surface area contributed by atoms with Gasteiger partial charge in [0.1, 0.15) is 36.6 Å². The molecular weight excluding hydrogens is 859 g/mol. The maximum Gasteiger partial charge on any atom is 0.365 e. The Kier molecular flexibility index (Phi) is 16.3. The van der Waals surface area contributed by atoms with E-state index in [0.717, 1.165) is 22.3 Å². The number of hydrogen-bond donors (Lipinski definition) is 0. The van der Waals surface area contributed by atoms with E-state index < -0.39 is 79.0 Å². The second-order valence-electron chi connectivity index (χ2n) is 17.4. The molecule has 0 amide bonds. The topological polar surface area (TPSA) is 148 Å². The van der Waals surface area contributed by atoms with Crippen LogP contribution in [0.1, 0.15) is 59.7 Å². The highest BCUT2D eigenvalue weighted by Gasteiger charge is 2.54. The highest BCUT2D eigenvalue weighted by molar-refractivity contribution is 5.96. The molecule has 3 heterocycles. The fourth-order valence-corrected chi connectivity index (χ4v) is 7.86. The average molecular weight is 916 g/mol. The van der Waals surface area contributed by atoms with Crippen LogP contribution in [-0.4, -0.2) is 93.3 Å². The number of nitrogens with zero attached hydrogens (tertiary/aromatic N) is 1. The molecule has 14 nitrogen and oxygen atoms in total. The van der Waals surface area contributed by atoms with Crippen LogP contribution in [-0.2, 0) is 76.8 Å². The zero-order chi connectivity index (χ0) is 46.6. The minimum Gasteiger partial charge on any atom is -0.453 e. The molecule has 5 aromatic carbocycles. The first-order valence-corrected chi connectivity index (χ1v) is 22.4. The van der Waals surface area contributed by atoms with E-state index in [4.69, 9.17) is 52.2 Å². The van der Waals surface area contributed by atoms with Crippen LogP contribution in [0.2, 0.25) is 0 Å². The summed E-state index contributed by atoms with van der Waals surface area (Å²) in [6.07, 6.45) is -9.40. The Hall–Kier alpha value is -5.65. The molecule has 10 atom stereocenters. The van der Waals surface area contributed by atoms with Crippen LogP contribution in [0.4, 0.5) is 0 Å². The molecule has 0 bridgehead atoms. The van der Waals surface area contributed by atoms with Crippen molar-refractivity contribution < 1.29 is 61.8 Å². The number of carbonyl (C=O) groups is 2. The van der Waals surface area contributed by atoms with E-state index in [9.17, 15) is 9.59 Å². The monoisotopic (exact) mass is 915 g/mol. The van der Waals surface area contributed by atoms with E-state index >= 15 is 0 Å². The molecule has 3 aliphatic heterocycles. The summed E-state index contributed by atoms with van der Waals surface area (Å²) < 4.78 is 65.2. The van der Waals surface area contributed by atoms with Crippen LogP contribution in [0.15, 0.2) is 157 Å². The number of benzene rings is 5. The van der Waals surface area contributed by atoms with Gasteiger partial charge in [-0.25, -0.2) is 4.79 Å². The van der Waals surface area contributed by atoms with Crippen molar-refractivity contribution in [3.63, 3.8) is 0 Å². The fourth-order valence-electron chi connectivity index (χ4n) is 7.86. The molecule has 8 rings (SSSR count). The maximum atomic E-state index is 13.8. The maximum absolute atomic E-state index is 13.8. The molecule has 3 fully saturated rings. The molecule has 352 valence electrons. The Morgan fingerprint density at radius 3 is 1.70 bits per heavy atom. The van der Waals surface area contributed by atoms with Gasteiger partial charge in [-0.3, -0.25) is 4.79 Å². The Morgan fingerprint density at radius 1 is 0.627 bits per heavy atom. The molecule has 3 saturated heterocycles. The predicted octanol–water partition coefficient (Wildman–Crippen LogP) is 8.14. The highest BCUT2D eigenvalue weighted by Crippen LogP contribution is 2.37. The van der Waals surface area contributed by atoms with Crippen LogP contribution in [0.5, 0.6) is 0 Å². The summed E-state index contributed by atoms with van der Waals surface area (Å²) in [6, 6.07) is 47.1. The standard InChI is InChI=1S/C53H57NO13/c1-53(2,3)52(56)66-45-42(54-67-48(55)38-26-16-8-17-27-38)50(63-41-34-61-49(65-44(41)45)39-28-18-9-19-29-39)62-33-40-43(58-30-35-20-10-5-11-21-35)46(59-31-36-22-12-6-13-23-36)47(51(57-4)64-40)60-32-37-24-14-7-15-25-37/h5-29,40-41,43-47,49-51H,30-34H2,1-4H3/b54-42-/t40-,41-,43-,44-,45-,46+,47-,49-,50+,51+/m1/s1. The van der Waals surface area contributed by atoms with Crippen molar-refractivity contribution in [1.29, 1.82) is 0 Å². The SMILES string of the molecule is CO[C@H]1O[C@H](CO[C@H]2O[C@@H]3CO[C@@H](c4ccccc4)O[C@H]3[C@H](OC(=O)C(C)(C)C)/C2=N/OC(=O)c2ccccc2)[C@@H](OCc2ccccc2)[C@H](OCc2ccccc2)[C@H]1OCc1ccccc1. The summed E-state index contributed by atoms with van der Waals surface area (Å²) in [5.74, 6) is -1.31. The van der Waals surface area contributed by atoms with Crippen LogP contribution >= 0.6 is 0 Å². The van der Waals surface area contributed by atoms with Crippen molar-refractivity contribution >= 4 is 17.7 Å². The molecule has 3 aliphatic rings. The van der Waals surface area contributed by atoms with Crippen molar-refractivity contribution in [1.82, 2.24) is 0 Å². The normalized spacial score (nSPS) is 26.9. The molecule has 0 saturated carbocycles. The van der Waals surface area contributed by atoms with Gasteiger partial charge in [-0.2, -0.15) is 0 Å². The minimum atomic E-state index is -1.38. The number of fused-ring (bicyclic) bond motifs is 1. The first-order valence-electron chi connectivity index (χ1n) is 22.4. The Balaban J connectivity index is 1.13. The number of methoxy groups -OCH3 is 1. The van der Waals surface area contributed by atoms with Gasteiger partial charge in [0.25, 0.3) is 0 Å². The van der Waals surface area contributed by atoms with Crippen molar-refractivity contribution in [2.75, 3.05) is 20.3 Å². The van der Waals surface area contributed by atoms with Crippen molar-refractivity contribution in [2.45, 2.75) is 102 Å². The average Bonchev–Trinajstić information content (AvgIpc) is 3.36. The number of ether oxygens (including phenoxy) is 10. The smallest absolute Gasteiger partial charge is 0.365 e. The van der Waals surface area contributed by atoms with E-state index in [1.807, 2.05) is 121 Å². The molecule has 0 radical (unpaired) electrons. The van der Waals surface area contributed by atoms with Gasteiger partial charge in [0.05, 0.1) is 44.0 Å². The molecule has 0 aromatic heterocycles. The lowest BCUT2D eigenvalue weighted by molar-refractivity contribution is -0.334. The second kappa shape index (κ2) is 22.9. The van der Waals surface area contributed by atoms with E-state index in [1.165, 1.54) is 7.11 Å². The third-order valence-electron chi connectivity index (χ3n) is 11.4. The quantitative estimate of drug-likeness (QED) is 0.0503. The fraction of sp³-hybridized carbons (Fsp3) is 0.377. The molecular formula is C53H57NO13. The number of rotatable bonds is 17. The number of esters is 1. The zero-order valence-corrected chi connectivity index (χ0v) is 38.0. The highest BCUT2D eigenvalue weighted by atomic mass is 16.8. The number of oxime groups is 1. The lowest BCUT2D eigenvalue weighted by atomic mass is 9.95. The summed E-state index contributed by atoms with van der Waals surface area (Å²) >= 11 is 0. The van der Waals surface area contributed by atoms with Gasteiger partial charge >= 0.3 is 11.9 Å². The molecule has 0 spiro atoms. The third-order valence-corrected chi connectivity index (χ3v) is 11.4. The molecule has 5 aromatic rings. The van der Waals surface area contributed by atoms with E-state index in [0.29, 0.717) is 0 Å². The largest absolute Gasteiger partial charge is 0.453 e. The summed E-state index contributed by atoms with van der Waals surface area (Å²) in [6.45, 7) is 5.73. The Labute approximate surface area is 390 Å². The summed E-state index contributed by atoms with van der Waals surface area (Å²) in [4.78, 5) is 32.8. The second-order valence-corrected chi connectivity index (χ2v) is 17.4. The molecule has 67 heavy (non-hydrogen) atoms. The summed E-state index contributed by atoms with van der Waals surface area (Å²) in [7, 11) is 1.54.